The van der Waals surface area contributed by atoms with Crippen LogP contribution < -0.4 is 5.32 Å². The zero-order valence-electron chi connectivity index (χ0n) is 10.8. The van der Waals surface area contributed by atoms with Gasteiger partial charge in [-0.2, -0.15) is 0 Å². The molecule has 0 bridgehead atoms. The van der Waals surface area contributed by atoms with Crippen molar-refractivity contribution in [2.24, 2.45) is 5.92 Å². The van der Waals surface area contributed by atoms with Gasteiger partial charge >= 0.3 is 0 Å². The van der Waals surface area contributed by atoms with E-state index in [0.717, 1.165) is 42.8 Å². The molecule has 1 unspecified atom stereocenters. The summed E-state index contributed by atoms with van der Waals surface area (Å²) in [7, 11) is 0. The van der Waals surface area contributed by atoms with Gasteiger partial charge in [0, 0.05) is 5.41 Å². The highest BCUT2D eigenvalue weighted by Crippen LogP contribution is 2.25. The molecule has 1 fully saturated rings. The molecule has 1 saturated heterocycles. The van der Waals surface area contributed by atoms with Crippen LogP contribution in [-0.2, 0) is 11.8 Å². The molecule has 1 aromatic heterocycles. The molecule has 1 aliphatic rings. The molecule has 16 heavy (non-hydrogen) atoms. The first kappa shape index (κ1) is 11.6. The first-order chi connectivity index (χ1) is 7.47. The normalized spacial score (nSPS) is 21.6. The number of aryl methyl sites for hydroxylation is 1. The molecular weight excluding hydrogens is 200 g/mol. The number of nitrogens with zero attached hydrogens (tertiary/aromatic N) is 1. The molecule has 1 atom stereocenters. The fraction of sp³-hybridized carbons (Fsp3) is 0.769. The standard InChI is InChI=1S/C13H22N2O/c1-9-11(7-10-5-6-14-8-10)15-12(16-9)13(2,3)4/h10,14H,5-8H2,1-4H3. The maximum Gasteiger partial charge on any atom is 0.199 e. The molecule has 0 amide bonds. The van der Waals surface area contributed by atoms with Crippen molar-refractivity contribution >= 4 is 0 Å². The number of rotatable bonds is 2. The highest BCUT2D eigenvalue weighted by molar-refractivity contribution is 5.13. The van der Waals surface area contributed by atoms with Gasteiger partial charge in [0.2, 0.25) is 0 Å². The van der Waals surface area contributed by atoms with E-state index in [1.54, 1.807) is 0 Å². The van der Waals surface area contributed by atoms with Gasteiger partial charge in [0.05, 0.1) is 5.69 Å². The summed E-state index contributed by atoms with van der Waals surface area (Å²) >= 11 is 0. The van der Waals surface area contributed by atoms with E-state index >= 15 is 0 Å². The van der Waals surface area contributed by atoms with Crippen molar-refractivity contribution in [3.05, 3.63) is 17.3 Å². The SMILES string of the molecule is Cc1oc(C(C)(C)C)nc1CC1CCNC1. The van der Waals surface area contributed by atoms with E-state index in [0.29, 0.717) is 0 Å². The van der Waals surface area contributed by atoms with Gasteiger partial charge in [0.25, 0.3) is 0 Å². The van der Waals surface area contributed by atoms with Crippen molar-refractivity contribution in [2.75, 3.05) is 13.1 Å². The number of aromatic nitrogens is 1. The molecule has 0 aliphatic carbocycles. The number of nitrogens with one attached hydrogen (secondary N) is 1. The van der Waals surface area contributed by atoms with Gasteiger partial charge in [-0.05, 0) is 38.8 Å². The van der Waals surface area contributed by atoms with E-state index in [1.807, 2.05) is 6.92 Å². The van der Waals surface area contributed by atoms with Crippen molar-refractivity contribution in [3.63, 3.8) is 0 Å². The third kappa shape index (κ3) is 2.46. The molecular formula is C13H22N2O. The smallest absolute Gasteiger partial charge is 0.199 e. The molecule has 2 heterocycles. The average Bonchev–Trinajstić information content (AvgIpc) is 2.76. The summed E-state index contributed by atoms with van der Waals surface area (Å²) in [5, 5.41) is 3.39. The van der Waals surface area contributed by atoms with Crippen molar-refractivity contribution in [1.82, 2.24) is 10.3 Å². The predicted molar refractivity (Wildman–Crippen MR) is 64.6 cm³/mol. The van der Waals surface area contributed by atoms with Gasteiger partial charge in [-0.1, -0.05) is 20.8 Å². The Morgan fingerprint density at radius 3 is 2.69 bits per heavy atom. The zero-order chi connectivity index (χ0) is 11.8. The minimum absolute atomic E-state index is 0.0108. The van der Waals surface area contributed by atoms with Crippen LogP contribution in [0.1, 0.15) is 44.5 Å². The number of hydrogen-bond acceptors (Lipinski definition) is 3. The maximum absolute atomic E-state index is 5.76. The molecule has 1 N–H and O–H groups in total. The average molecular weight is 222 g/mol. The molecule has 3 nitrogen and oxygen atoms in total. The Kier molecular flexibility index (Phi) is 3.06. The largest absolute Gasteiger partial charge is 0.445 e. The molecule has 0 spiro atoms. The molecule has 0 saturated carbocycles. The van der Waals surface area contributed by atoms with E-state index in [-0.39, 0.29) is 5.41 Å². The second kappa shape index (κ2) is 4.21. The third-order valence-corrected chi connectivity index (χ3v) is 3.18. The molecule has 3 heteroatoms. The predicted octanol–water partition coefficient (Wildman–Crippen LogP) is 2.43. The van der Waals surface area contributed by atoms with E-state index in [9.17, 15) is 0 Å². The van der Waals surface area contributed by atoms with Crippen LogP contribution >= 0.6 is 0 Å². The van der Waals surface area contributed by atoms with E-state index in [1.165, 1.54) is 6.42 Å². The fourth-order valence-electron chi connectivity index (χ4n) is 2.10. The fourth-order valence-corrected chi connectivity index (χ4v) is 2.10. The Hall–Kier alpha value is -0.830. The van der Waals surface area contributed by atoms with Crippen molar-refractivity contribution < 1.29 is 4.42 Å². The summed E-state index contributed by atoms with van der Waals surface area (Å²) in [6, 6.07) is 0. The quantitative estimate of drug-likeness (QED) is 0.835. The second-order valence-corrected chi connectivity index (χ2v) is 5.83. The lowest BCUT2D eigenvalue weighted by molar-refractivity contribution is 0.380. The second-order valence-electron chi connectivity index (χ2n) is 5.83. The van der Waals surface area contributed by atoms with Gasteiger partial charge in [0.15, 0.2) is 5.89 Å². The minimum Gasteiger partial charge on any atom is -0.445 e. The van der Waals surface area contributed by atoms with Crippen molar-refractivity contribution in [2.45, 2.75) is 46.0 Å². The Morgan fingerprint density at radius 2 is 2.19 bits per heavy atom. The summed E-state index contributed by atoms with van der Waals surface area (Å²) in [5.74, 6) is 2.60. The minimum atomic E-state index is 0.0108. The van der Waals surface area contributed by atoms with E-state index in [2.05, 4.69) is 31.1 Å². The van der Waals surface area contributed by atoms with Gasteiger partial charge in [-0.3, -0.25) is 0 Å². The topological polar surface area (TPSA) is 38.1 Å². The Labute approximate surface area is 97.6 Å². The lowest BCUT2D eigenvalue weighted by atomic mass is 9.97. The molecule has 1 aromatic rings. The monoisotopic (exact) mass is 222 g/mol. The van der Waals surface area contributed by atoms with Crippen LogP contribution in [-0.4, -0.2) is 18.1 Å². The lowest BCUT2D eigenvalue weighted by Crippen LogP contribution is -2.13. The summed E-state index contributed by atoms with van der Waals surface area (Å²) in [4.78, 5) is 4.65. The molecule has 2 rings (SSSR count). The Morgan fingerprint density at radius 1 is 1.44 bits per heavy atom. The summed E-state index contributed by atoms with van der Waals surface area (Å²) in [6.45, 7) is 10.7. The first-order valence-electron chi connectivity index (χ1n) is 6.14. The van der Waals surface area contributed by atoms with E-state index < -0.39 is 0 Å². The summed E-state index contributed by atoms with van der Waals surface area (Å²) in [6.07, 6.45) is 2.32. The van der Waals surface area contributed by atoms with Crippen LogP contribution in [0.25, 0.3) is 0 Å². The summed E-state index contributed by atoms with van der Waals surface area (Å²) in [5.41, 5.74) is 1.16. The van der Waals surface area contributed by atoms with Gasteiger partial charge in [-0.15, -0.1) is 0 Å². The first-order valence-corrected chi connectivity index (χ1v) is 6.14. The van der Waals surface area contributed by atoms with Crippen LogP contribution in [0, 0.1) is 12.8 Å². The number of hydrogen-bond donors (Lipinski definition) is 1. The van der Waals surface area contributed by atoms with Crippen LogP contribution in [0.2, 0.25) is 0 Å². The van der Waals surface area contributed by atoms with Gasteiger partial charge in [0.1, 0.15) is 5.76 Å². The molecule has 90 valence electrons. The van der Waals surface area contributed by atoms with Crippen molar-refractivity contribution in [1.29, 1.82) is 0 Å². The van der Waals surface area contributed by atoms with Crippen LogP contribution in [0.3, 0.4) is 0 Å². The van der Waals surface area contributed by atoms with E-state index in [4.69, 9.17) is 4.42 Å². The number of oxazole rings is 1. The Bertz CT molecular complexity index is 356. The highest BCUT2D eigenvalue weighted by Gasteiger charge is 2.24. The third-order valence-electron chi connectivity index (χ3n) is 3.18. The van der Waals surface area contributed by atoms with Crippen LogP contribution in [0.15, 0.2) is 4.42 Å². The molecule has 0 radical (unpaired) electrons. The van der Waals surface area contributed by atoms with Crippen LogP contribution in [0.4, 0.5) is 0 Å². The van der Waals surface area contributed by atoms with Crippen LogP contribution in [0.5, 0.6) is 0 Å². The van der Waals surface area contributed by atoms with Gasteiger partial charge in [-0.25, -0.2) is 4.98 Å². The molecule has 1 aliphatic heterocycles. The Balaban J connectivity index is 2.12. The lowest BCUT2D eigenvalue weighted by Gasteiger charge is -2.12. The van der Waals surface area contributed by atoms with Gasteiger partial charge < -0.3 is 9.73 Å². The molecule has 0 aromatic carbocycles. The highest BCUT2D eigenvalue weighted by atomic mass is 16.4. The van der Waals surface area contributed by atoms with Crippen molar-refractivity contribution in [3.8, 4) is 0 Å². The summed E-state index contributed by atoms with van der Waals surface area (Å²) < 4.78 is 5.76. The zero-order valence-corrected chi connectivity index (χ0v) is 10.8. The maximum atomic E-state index is 5.76.